The van der Waals surface area contributed by atoms with Crippen LogP contribution in [0.2, 0.25) is 5.02 Å². The van der Waals surface area contributed by atoms with Gasteiger partial charge in [-0.15, -0.1) is 0 Å². The van der Waals surface area contributed by atoms with Gasteiger partial charge in [0.25, 0.3) is 0 Å². The quantitative estimate of drug-likeness (QED) is 0.190. The third-order valence-electron chi connectivity index (χ3n) is 20.4. The zero-order valence-corrected chi connectivity index (χ0v) is 58.1. The molecule has 3 aliphatic heterocycles. The highest BCUT2D eigenvalue weighted by atomic mass is 35.5. The number of hydrogen-bond donors (Lipinski definition) is 4. The molecule has 23 nitrogen and oxygen atoms in total. The lowest BCUT2D eigenvalue weighted by atomic mass is 9.84. The smallest absolute Gasteiger partial charge is 0.379 e. The Hall–Kier alpha value is -6.57. The summed E-state index contributed by atoms with van der Waals surface area (Å²) in [5, 5.41) is 11.0. The van der Waals surface area contributed by atoms with Gasteiger partial charge in [-0.1, -0.05) is 104 Å². The number of carbonyl (C=O) groups is 11. The summed E-state index contributed by atoms with van der Waals surface area (Å²) in [6.07, 6.45) is 2.50. The molecule has 4 N–H and O–H groups in total. The molecular weight excluding hydrogens is 1240 g/mol. The van der Waals surface area contributed by atoms with Crippen LogP contribution in [0, 0.1) is 17.8 Å². The molecule has 3 heterocycles. The van der Waals surface area contributed by atoms with Crippen LogP contribution in [0.5, 0.6) is 0 Å². The monoisotopic (exact) mass is 1350 g/mol. The van der Waals surface area contributed by atoms with Gasteiger partial charge in [-0.25, -0.2) is 0 Å². The number of carbonyl (C=O) groups excluding carboxylic acids is 11. The zero-order chi connectivity index (χ0) is 69.8. The Kier molecular flexibility index (Phi) is 27.2. The standard InChI is InChI=1S/C67H103ClF3N11O12/c1-14-34-94-38-52-63(91)82-33-29-50(82)61(89)78(11)51(37-44-22-17-16-18-23-44)62(90)77(10)43(8)56(84)73-48(28-26-45-25-27-46(47(68)36-45)67(69,70)71)60(88)81-32-21-24-49(81)58(86)75-66(30-19-20-31-66)65(93)80(13)55(39(3)4)59(87)72-41(6)35-53(83)76(9)42(7)57(85)74-54(40(5)15-2)64(92)79(52)12/h25,27,36,39-44,48-52,54-55H,14-24,26,28-35,37-38H2,1-13H3,(H,72,87)(H,73,84)(H,74,85)(H,75,86)/t40-,41+,42-,43+,48-,49-,50-,51-,52-,54-,55-/m0/s1. The van der Waals surface area contributed by atoms with Gasteiger partial charge in [-0.05, 0) is 114 Å². The molecule has 6 rings (SSSR count). The van der Waals surface area contributed by atoms with Gasteiger partial charge in [0.05, 0.1) is 17.2 Å². The van der Waals surface area contributed by atoms with Gasteiger partial charge >= 0.3 is 6.18 Å². The maximum absolute atomic E-state index is 15.2. The van der Waals surface area contributed by atoms with E-state index in [4.69, 9.17) is 16.3 Å². The van der Waals surface area contributed by atoms with Crippen molar-refractivity contribution in [3.8, 4) is 0 Å². The second kappa shape index (κ2) is 33.4. The third kappa shape index (κ3) is 18.1. The summed E-state index contributed by atoms with van der Waals surface area (Å²) in [6.45, 7) is 13.7. The second-order valence-corrected chi connectivity index (χ2v) is 27.8. The van der Waals surface area contributed by atoms with Gasteiger partial charge in [0.15, 0.2) is 0 Å². The molecule has 0 aromatic heterocycles. The summed E-state index contributed by atoms with van der Waals surface area (Å²) in [7, 11) is 7.22. The van der Waals surface area contributed by atoms with E-state index in [1.54, 1.807) is 27.7 Å². The van der Waals surface area contributed by atoms with E-state index >= 15 is 14.4 Å². The number of nitrogens with one attached hydrogen (secondary N) is 4. The molecule has 1 aromatic carbocycles. The van der Waals surface area contributed by atoms with Crippen molar-refractivity contribution in [1.29, 1.82) is 0 Å². The normalized spacial score (nSPS) is 28.5. The van der Waals surface area contributed by atoms with Crippen molar-refractivity contribution < 1.29 is 70.6 Å². The first-order valence-electron chi connectivity index (χ1n) is 33.8. The van der Waals surface area contributed by atoms with Crippen molar-refractivity contribution in [3.05, 3.63) is 34.3 Å². The fourth-order valence-electron chi connectivity index (χ4n) is 13.8. The van der Waals surface area contributed by atoms with Crippen LogP contribution in [0.4, 0.5) is 13.2 Å². The van der Waals surface area contributed by atoms with Crippen LogP contribution < -0.4 is 21.3 Å². The van der Waals surface area contributed by atoms with E-state index < -0.39 is 160 Å². The number of fused-ring (bicyclic) bond motifs is 2. The first-order valence-corrected chi connectivity index (χ1v) is 34.2. The molecule has 1 aromatic rings. The number of aryl methyl sites for hydroxylation is 1. The van der Waals surface area contributed by atoms with E-state index in [0.717, 1.165) is 44.2 Å². The van der Waals surface area contributed by atoms with E-state index in [9.17, 15) is 51.5 Å². The van der Waals surface area contributed by atoms with E-state index in [0.29, 0.717) is 37.7 Å². The van der Waals surface area contributed by atoms with E-state index in [1.807, 2.05) is 13.8 Å². The van der Waals surface area contributed by atoms with Crippen LogP contribution in [-0.2, 0) is 70.1 Å². The summed E-state index contributed by atoms with van der Waals surface area (Å²) < 4.78 is 47.5. The molecule has 526 valence electrons. The van der Waals surface area contributed by atoms with Crippen molar-refractivity contribution in [2.45, 2.75) is 243 Å². The van der Waals surface area contributed by atoms with Gasteiger partial charge in [-0.2, -0.15) is 13.2 Å². The molecule has 5 aliphatic rings. The van der Waals surface area contributed by atoms with Crippen LogP contribution >= 0.6 is 11.6 Å². The lowest BCUT2D eigenvalue weighted by molar-refractivity contribution is -0.162. The summed E-state index contributed by atoms with van der Waals surface area (Å²) in [5.74, 6) is -7.82. The van der Waals surface area contributed by atoms with E-state index in [-0.39, 0.29) is 83.6 Å². The van der Waals surface area contributed by atoms with Crippen molar-refractivity contribution in [3.63, 3.8) is 0 Å². The van der Waals surface area contributed by atoms with Crippen LogP contribution in [-0.4, -0.2) is 227 Å². The third-order valence-corrected chi connectivity index (χ3v) is 20.7. The Morgan fingerprint density at radius 3 is 1.84 bits per heavy atom. The molecule has 0 bridgehead atoms. The average Bonchev–Trinajstić information content (AvgIpc) is 1.16. The number of amides is 11. The maximum atomic E-state index is 15.2. The molecule has 11 amide bonds. The van der Waals surface area contributed by atoms with E-state index in [2.05, 4.69) is 21.3 Å². The number of hydrogen-bond acceptors (Lipinski definition) is 12. The fourth-order valence-corrected chi connectivity index (χ4v) is 14.1. The molecule has 27 heteroatoms. The number of ether oxygens (including phenoxy) is 1. The first kappa shape index (κ1) is 76.4. The van der Waals surface area contributed by atoms with Crippen molar-refractivity contribution in [2.24, 2.45) is 17.8 Å². The van der Waals surface area contributed by atoms with Crippen LogP contribution in [0.1, 0.15) is 176 Å². The second-order valence-electron chi connectivity index (χ2n) is 27.4. The Bertz CT molecular complexity index is 2910. The molecule has 2 aliphatic carbocycles. The molecule has 94 heavy (non-hydrogen) atoms. The first-order chi connectivity index (χ1) is 44.2. The predicted molar refractivity (Wildman–Crippen MR) is 346 cm³/mol. The van der Waals surface area contributed by atoms with Crippen LogP contribution in [0.15, 0.2) is 18.2 Å². The highest BCUT2D eigenvalue weighted by Crippen LogP contribution is 2.37. The topological polar surface area (TPSA) is 268 Å². The van der Waals surface area contributed by atoms with Gasteiger partial charge < -0.3 is 60.3 Å². The van der Waals surface area contributed by atoms with Crippen molar-refractivity contribution >= 4 is 76.6 Å². The average molecular weight is 1350 g/mol. The molecule has 0 radical (unpaired) electrons. The molecule has 1 spiro atoms. The molecule has 3 saturated heterocycles. The number of halogens is 4. The highest BCUT2D eigenvalue weighted by molar-refractivity contribution is 6.31. The number of nitrogens with zero attached hydrogens (tertiary/aromatic N) is 7. The maximum Gasteiger partial charge on any atom is 0.417 e. The minimum atomic E-state index is -4.75. The van der Waals surface area contributed by atoms with Gasteiger partial charge in [-0.3, -0.25) is 52.7 Å². The fraction of sp³-hybridized carbons (Fsp3) is 0.746. The number of alkyl halides is 3. The van der Waals surface area contributed by atoms with Crippen LogP contribution in [0.3, 0.4) is 0 Å². The lowest BCUT2D eigenvalue weighted by Crippen LogP contribution is -2.66. The number of benzene rings is 1. The van der Waals surface area contributed by atoms with Crippen LogP contribution in [0.25, 0.3) is 0 Å². The molecule has 5 fully saturated rings. The number of rotatable bonds is 12. The zero-order valence-electron chi connectivity index (χ0n) is 57.3. The van der Waals surface area contributed by atoms with Crippen molar-refractivity contribution in [2.75, 3.05) is 61.5 Å². The summed E-state index contributed by atoms with van der Waals surface area (Å²) in [4.78, 5) is 171. The Balaban J connectivity index is 1.40. The number of likely N-dealkylation sites (N-methyl/N-ethyl adjacent to an activating group) is 5. The molecule has 11 atom stereocenters. The van der Waals surface area contributed by atoms with Crippen molar-refractivity contribution in [1.82, 2.24) is 55.6 Å². The summed E-state index contributed by atoms with van der Waals surface area (Å²) in [5.41, 5.74) is -2.26. The molecular formula is C67H103ClF3N11O12. The lowest BCUT2D eigenvalue weighted by Gasteiger charge is -2.46. The largest absolute Gasteiger partial charge is 0.417 e. The van der Waals surface area contributed by atoms with E-state index in [1.165, 1.54) is 89.5 Å². The van der Waals surface area contributed by atoms with Gasteiger partial charge in [0.1, 0.15) is 59.9 Å². The predicted octanol–water partition coefficient (Wildman–Crippen LogP) is 5.46. The van der Waals surface area contributed by atoms with Gasteiger partial charge in [0, 0.05) is 67.4 Å². The van der Waals surface area contributed by atoms with Gasteiger partial charge in [0.2, 0.25) is 65.0 Å². The highest BCUT2D eigenvalue weighted by Gasteiger charge is 2.51. The SMILES string of the molecule is CCCOC[C@H]1C(=O)N2CC[C@H]2C(=O)N(C)[C@@H](CC2CCCCC2)C(=O)N(C)[C@H](C)C(=O)N[C@@H](CCc2ccc(C(F)(F)F)c(Cl)c2)C(=O)N2CCC[C@H]2C(=O)NC2(CCCC2)C(=O)N(C)[C@@H](C(C)C)C(=O)N[C@H](C)CC(=O)N(C)[C@@H](C)C(=O)N[C@@H]([C@@H](C)CC)C(=O)N1C. The molecule has 0 unspecified atom stereocenters. The minimum Gasteiger partial charge on any atom is -0.379 e. The minimum absolute atomic E-state index is 0.0130. The summed E-state index contributed by atoms with van der Waals surface area (Å²) >= 11 is 6.15. The Morgan fingerprint density at radius 1 is 0.638 bits per heavy atom. The Morgan fingerprint density at radius 2 is 1.26 bits per heavy atom. The Labute approximate surface area is 557 Å². The summed E-state index contributed by atoms with van der Waals surface area (Å²) in [6, 6.07) is -8.42. The molecule has 2 saturated carbocycles.